The van der Waals surface area contributed by atoms with Crippen molar-refractivity contribution in [1.29, 1.82) is 0 Å². The normalized spacial score (nSPS) is 14.7. The molecular formula is C12H11NaOS. The van der Waals surface area contributed by atoms with Crippen molar-refractivity contribution in [3.63, 3.8) is 0 Å². The third kappa shape index (κ3) is 1.96. The zero-order valence-corrected chi connectivity index (χ0v) is 11.7. The van der Waals surface area contributed by atoms with Gasteiger partial charge in [0.1, 0.15) is 11.3 Å². The molecule has 1 aliphatic rings. The summed E-state index contributed by atoms with van der Waals surface area (Å²) in [6.45, 7) is 0. The molecule has 0 aliphatic heterocycles. The Balaban J connectivity index is 0.000000853. The summed E-state index contributed by atoms with van der Waals surface area (Å²) in [4.78, 5) is 0.909. The minimum atomic E-state index is 0. The summed E-state index contributed by atoms with van der Waals surface area (Å²) in [7, 11) is 0. The maximum absolute atomic E-state index is 5.80. The van der Waals surface area contributed by atoms with Gasteiger partial charge in [-0.1, -0.05) is 12.1 Å². The van der Waals surface area contributed by atoms with Crippen LogP contribution >= 0.6 is 0 Å². The van der Waals surface area contributed by atoms with Crippen molar-refractivity contribution in [1.82, 2.24) is 0 Å². The van der Waals surface area contributed by atoms with Gasteiger partial charge >= 0.3 is 29.6 Å². The summed E-state index contributed by atoms with van der Waals surface area (Å²) in [5, 5.41) is 1.24. The number of fused-ring (bicyclic) bond motifs is 3. The number of benzene rings is 1. The van der Waals surface area contributed by atoms with Gasteiger partial charge in [-0.05, 0) is 25.3 Å². The van der Waals surface area contributed by atoms with Crippen LogP contribution in [-0.4, -0.2) is 0 Å². The molecule has 3 rings (SSSR count). The Morgan fingerprint density at radius 1 is 1.13 bits per heavy atom. The van der Waals surface area contributed by atoms with Gasteiger partial charge in [-0.3, -0.25) is 0 Å². The first-order valence-electron chi connectivity index (χ1n) is 5.06. The molecule has 0 amide bonds. The summed E-state index contributed by atoms with van der Waals surface area (Å²) in [6.07, 6.45) is 4.79. The average molecular weight is 226 g/mol. The van der Waals surface area contributed by atoms with E-state index in [0.717, 1.165) is 23.3 Å². The molecular weight excluding hydrogens is 215 g/mol. The third-order valence-electron chi connectivity index (χ3n) is 2.93. The van der Waals surface area contributed by atoms with E-state index < -0.39 is 0 Å². The Kier molecular flexibility index (Phi) is 3.41. The average Bonchev–Trinajstić information content (AvgIpc) is 2.56. The van der Waals surface area contributed by atoms with Gasteiger partial charge in [-0.25, -0.2) is 0 Å². The minimum Gasteiger partial charge on any atom is -0.780 e. The van der Waals surface area contributed by atoms with E-state index >= 15 is 0 Å². The Morgan fingerprint density at radius 3 is 2.80 bits per heavy atom. The van der Waals surface area contributed by atoms with Gasteiger partial charge in [0, 0.05) is 17.4 Å². The topological polar surface area (TPSA) is 13.1 Å². The molecule has 1 aromatic heterocycles. The first-order chi connectivity index (χ1) is 6.84. The fraction of sp³-hybridized carbons (Fsp3) is 0.333. The van der Waals surface area contributed by atoms with E-state index in [2.05, 4.69) is 6.07 Å². The Hall–Kier alpha value is -0.0200. The van der Waals surface area contributed by atoms with Crippen LogP contribution in [0.2, 0.25) is 0 Å². The largest absolute Gasteiger partial charge is 1.00 e. The van der Waals surface area contributed by atoms with Crippen molar-refractivity contribution in [3.05, 3.63) is 29.5 Å². The van der Waals surface area contributed by atoms with E-state index in [9.17, 15) is 0 Å². The summed E-state index contributed by atoms with van der Waals surface area (Å²) >= 11 is 5.17. The first kappa shape index (κ1) is 11.5. The van der Waals surface area contributed by atoms with E-state index in [1.807, 2.05) is 12.1 Å². The molecule has 2 aromatic rings. The molecule has 1 aromatic carbocycles. The zero-order chi connectivity index (χ0) is 9.54. The molecule has 0 atom stereocenters. The number of hydrogen-bond donors (Lipinski definition) is 0. The summed E-state index contributed by atoms with van der Waals surface area (Å²) in [5.41, 5.74) is 2.41. The monoisotopic (exact) mass is 226 g/mol. The fourth-order valence-corrected chi connectivity index (χ4v) is 2.43. The maximum atomic E-state index is 5.80. The number of furan rings is 1. The maximum Gasteiger partial charge on any atom is 1.00 e. The van der Waals surface area contributed by atoms with Crippen LogP contribution in [0.4, 0.5) is 0 Å². The first-order valence-corrected chi connectivity index (χ1v) is 5.47. The molecule has 0 radical (unpaired) electrons. The van der Waals surface area contributed by atoms with Crippen LogP contribution in [0, 0.1) is 0 Å². The van der Waals surface area contributed by atoms with E-state index in [1.165, 1.54) is 29.6 Å². The quantitative estimate of drug-likeness (QED) is 0.471. The van der Waals surface area contributed by atoms with Crippen molar-refractivity contribution < 1.29 is 34.0 Å². The fourth-order valence-electron chi connectivity index (χ4n) is 2.24. The molecule has 0 fully saturated rings. The van der Waals surface area contributed by atoms with Crippen LogP contribution in [0.15, 0.2) is 27.5 Å². The van der Waals surface area contributed by atoms with Gasteiger partial charge in [0.05, 0.1) is 0 Å². The molecule has 15 heavy (non-hydrogen) atoms. The smallest absolute Gasteiger partial charge is 0.780 e. The van der Waals surface area contributed by atoms with Crippen molar-refractivity contribution in [2.24, 2.45) is 0 Å². The van der Waals surface area contributed by atoms with E-state index in [4.69, 9.17) is 17.0 Å². The second kappa shape index (κ2) is 4.46. The molecule has 0 bridgehead atoms. The van der Waals surface area contributed by atoms with Crippen molar-refractivity contribution >= 4 is 23.6 Å². The molecule has 1 nitrogen and oxygen atoms in total. The van der Waals surface area contributed by atoms with Crippen LogP contribution in [0.3, 0.4) is 0 Å². The number of rotatable bonds is 0. The van der Waals surface area contributed by atoms with Gasteiger partial charge in [0.2, 0.25) is 0 Å². The Bertz CT molecular complexity index is 490. The van der Waals surface area contributed by atoms with Crippen LogP contribution < -0.4 is 29.6 Å². The van der Waals surface area contributed by atoms with Crippen LogP contribution in [0.1, 0.15) is 24.2 Å². The SMILES string of the molecule is [Na+].[S-]c1ccc2oc3c(c2c1)CCCC3. The number of aryl methyl sites for hydroxylation is 2. The summed E-state index contributed by atoms with van der Waals surface area (Å²) in [6, 6.07) is 6.00. The minimum absolute atomic E-state index is 0. The second-order valence-electron chi connectivity index (χ2n) is 3.87. The van der Waals surface area contributed by atoms with E-state index in [0.29, 0.717) is 0 Å². The van der Waals surface area contributed by atoms with Crippen LogP contribution in [0.25, 0.3) is 11.0 Å². The van der Waals surface area contributed by atoms with Gasteiger partial charge in [0.15, 0.2) is 0 Å². The molecule has 0 N–H and O–H groups in total. The summed E-state index contributed by atoms with van der Waals surface area (Å²) in [5.74, 6) is 1.19. The van der Waals surface area contributed by atoms with Gasteiger partial charge in [-0.2, -0.15) is 4.90 Å². The van der Waals surface area contributed by atoms with Crippen LogP contribution in [-0.2, 0) is 25.5 Å². The van der Waals surface area contributed by atoms with Crippen molar-refractivity contribution in [2.45, 2.75) is 30.6 Å². The molecule has 72 valence electrons. The molecule has 0 saturated carbocycles. The van der Waals surface area contributed by atoms with Crippen LogP contribution in [0.5, 0.6) is 0 Å². The molecule has 0 unspecified atom stereocenters. The Labute approximate surface area is 117 Å². The van der Waals surface area contributed by atoms with Gasteiger partial charge in [-0.15, -0.1) is 0 Å². The van der Waals surface area contributed by atoms with Gasteiger partial charge in [0.25, 0.3) is 0 Å². The third-order valence-corrected chi connectivity index (χ3v) is 3.18. The van der Waals surface area contributed by atoms with E-state index in [-0.39, 0.29) is 29.6 Å². The Morgan fingerprint density at radius 2 is 1.93 bits per heavy atom. The molecule has 0 saturated heterocycles. The predicted molar refractivity (Wildman–Crippen MR) is 58.5 cm³/mol. The predicted octanol–water partition coefficient (Wildman–Crippen LogP) is 0.221. The van der Waals surface area contributed by atoms with Crippen molar-refractivity contribution in [3.8, 4) is 0 Å². The molecule has 1 heterocycles. The zero-order valence-electron chi connectivity index (χ0n) is 8.88. The molecule has 1 aliphatic carbocycles. The molecule has 0 spiro atoms. The molecule has 3 heteroatoms. The van der Waals surface area contributed by atoms with Crippen molar-refractivity contribution in [2.75, 3.05) is 0 Å². The number of hydrogen-bond acceptors (Lipinski definition) is 2. The standard InChI is InChI=1S/C12H12OS.Na/c14-8-5-6-12-10(7-8)9-3-1-2-4-11(9)13-12;/h5-7,14H,1-4H2;/q;+1/p-1. The summed E-state index contributed by atoms with van der Waals surface area (Å²) < 4.78 is 5.80. The van der Waals surface area contributed by atoms with Gasteiger partial charge < -0.3 is 17.0 Å². The van der Waals surface area contributed by atoms with E-state index in [1.54, 1.807) is 0 Å². The second-order valence-corrected chi connectivity index (χ2v) is 4.34.